The van der Waals surface area contributed by atoms with Gasteiger partial charge in [-0.25, -0.2) is 0 Å². The monoisotopic (exact) mass is 398 g/mol. The van der Waals surface area contributed by atoms with Gasteiger partial charge < -0.3 is 19.8 Å². The highest BCUT2D eigenvalue weighted by atomic mass is 35.5. The number of amides is 2. The highest BCUT2D eigenvalue weighted by Gasteiger charge is 2.16. The van der Waals surface area contributed by atoms with Crippen LogP contribution in [0.3, 0.4) is 0 Å². The maximum Gasteiger partial charge on any atom is 0.291 e. The first-order chi connectivity index (χ1) is 13.4. The molecule has 7 heteroatoms. The molecule has 2 amide bonds. The van der Waals surface area contributed by atoms with Crippen molar-refractivity contribution in [2.45, 2.75) is 20.0 Å². The first-order valence-corrected chi connectivity index (χ1v) is 8.99. The van der Waals surface area contributed by atoms with E-state index in [1.807, 2.05) is 6.92 Å². The number of anilines is 2. The molecule has 2 N–H and O–H groups in total. The summed E-state index contributed by atoms with van der Waals surface area (Å²) in [4.78, 5) is 24.5. The molecular formula is C21H19ClN2O4. The largest absolute Gasteiger partial charge is 0.481 e. The molecule has 0 aliphatic heterocycles. The zero-order chi connectivity index (χ0) is 20.1. The molecule has 0 spiro atoms. The lowest BCUT2D eigenvalue weighted by Crippen LogP contribution is -2.30. The molecule has 1 atom stereocenters. The Morgan fingerprint density at radius 2 is 1.79 bits per heavy atom. The lowest BCUT2D eigenvalue weighted by atomic mass is 10.2. The number of nitrogens with one attached hydrogen (secondary N) is 2. The highest BCUT2D eigenvalue weighted by molar-refractivity contribution is 6.30. The Hall–Kier alpha value is -3.25. The number of hydrogen-bond acceptors (Lipinski definition) is 4. The zero-order valence-corrected chi connectivity index (χ0v) is 16.1. The molecule has 2 aromatic carbocycles. The van der Waals surface area contributed by atoms with Gasteiger partial charge >= 0.3 is 0 Å². The summed E-state index contributed by atoms with van der Waals surface area (Å²) in [6.45, 7) is 3.52. The van der Waals surface area contributed by atoms with E-state index in [0.717, 1.165) is 5.56 Å². The third kappa shape index (κ3) is 4.92. The van der Waals surface area contributed by atoms with Crippen molar-refractivity contribution in [1.82, 2.24) is 0 Å². The Morgan fingerprint density at radius 1 is 1.04 bits per heavy atom. The summed E-state index contributed by atoms with van der Waals surface area (Å²) >= 11 is 5.94. The van der Waals surface area contributed by atoms with Crippen LogP contribution in [-0.4, -0.2) is 17.9 Å². The van der Waals surface area contributed by atoms with Crippen molar-refractivity contribution in [3.8, 4) is 5.75 Å². The van der Waals surface area contributed by atoms with Gasteiger partial charge in [-0.1, -0.05) is 17.7 Å². The first kappa shape index (κ1) is 19.5. The Balaban J connectivity index is 1.62. The van der Waals surface area contributed by atoms with Gasteiger partial charge in [0.1, 0.15) is 5.75 Å². The Bertz CT molecular complexity index is 986. The molecular weight excluding hydrogens is 380 g/mol. The van der Waals surface area contributed by atoms with Crippen LogP contribution in [0.25, 0.3) is 0 Å². The number of rotatable bonds is 6. The van der Waals surface area contributed by atoms with Crippen LogP contribution in [0.2, 0.25) is 5.02 Å². The van der Waals surface area contributed by atoms with E-state index >= 15 is 0 Å². The second-order valence-corrected chi connectivity index (χ2v) is 6.61. The molecule has 28 heavy (non-hydrogen) atoms. The lowest BCUT2D eigenvalue weighted by Gasteiger charge is -2.16. The molecule has 0 fully saturated rings. The topological polar surface area (TPSA) is 80.6 Å². The molecule has 3 rings (SSSR count). The van der Waals surface area contributed by atoms with E-state index in [1.165, 1.54) is 6.26 Å². The van der Waals surface area contributed by atoms with Crippen LogP contribution >= 0.6 is 11.6 Å². The molecule has 0 radical (unpaired) electrons. The van der Waals surface area contributed by atoms with Gasteiger partial charge in [-0.15, -0.1) is 0 Å². The second-order valence-electron chi connectivity index (χ2n) is 6.17. The van der Waals surface area contributed by atoms with E-state index < -0.39 is 6.10 Å². The van der Waals surface area contributed by atoms with Gasteiger partial charge in [0.15, 0.2) is 11.9 Å². The summed E-state index contributed by atoms with van der Waals surface area (Å²) in [5.41, 5.74) is 1.90. The summed E-state index contributed by atoms with van der Waals surface area (Å²) in [5, 5.41) is 6.10. The van der Waals surface area contributed by atoms with E-state index in [2.05, 4.69) is 10.6 Å². The van der Waals surface area contributed by atoms with Crippen molar-refractivity contribution in [2.24, 2.45) is 0 Å². The third-order valence-corrected chi connectivity index (χ3v) is 4.18. The van der Waals surface area contributed by atoms with Crippen molar-refractivity contribution >= 4 is 34.8 Å². The number of halogens is 1. The number of ether oxygens (including phenoxy) is 1. The molecule has 1 aromatic heterocycles. The number of carbonyl (C=O) groups excluding carboxylic acids is 2. The Morgan fingerprint density at radius 3 is 2.46 bits per heavy atom. The third-order valence-electron chi connectivity index (χ3n) is 3.94. The van der Waals surface area contributed by atoms with E-state index in [9.17, 15) is 9.59 Å². The average Bonchev–Trinajstić information content (AvgIpc) is 3.19. The van der Waals surface area contributed by atoms with Crippen molar-refractivity contribution in [2.75, 3.05) is 10.6 Å². The standard InChI is InChI=1S/C21H19ClN2O4/c1-13-11-15(22)8-9-18(13)28-14(2)20(25)23-16-5-3-6-17(12-16)24-21(26)19-7-4-10-27-19/h3-12,14H,1-2H3,(H,23,25)(H,24,26)/t14-/m1/s1. The van der Waals surface area contributed by atoms with Crippen LogP contribution in [0.1, 0.15) is 23.0 Å². The van der Waals surface area contributed by atoms with Gasteiger partial charge in [-0.05, 0) is 67.9 Å². The molecule has 0 bridgehead atoms. The van der Waals surface area contributed by atoms with Crippen molar-refractivity contribution in [3.05, 3.63) is 77.2 Å². The lowest BCUT2D eigenvalue weighted by molar-refractivity contribution is -0.122. The predicted molar refractivity (Wildman–Crippen MR) is 108 cm³/mol. The van der Waals surface area contributed by atoms with Crippen molar-refractivity contribution < 1.29 is 18.7 Å². The number of furan rings is 1. The van der Waals surface area contributed by atoms with E-state index in [1.54, 1.807) is 61.5 Å². The SMILES string of the molecule is Cc1cc(Cl)ccc1O[C@H](C)C(=O)Nc1cccc(NC(=O)c2ccco2)c1. The van der Waals surface area contributed by atoms with E-state index in [4.69, 9.17) is 20.8 Å². The van der Waals surface area contributed by atoms with Crippen LogP contribution in [-0.2, 0) is 4.79 Å². The maximum absolute atomic E-state index is 12.5. The van der Waals surface area contributed by atoms with Crippen molar-refractivity contribution in [1.29, 1.82) is 0 Å². The van der Waals surface area contributed by atoms with Crippen LogP contribution < -0.4 is 15.4 Å². The minimum Gasteiger partial charge on any atom is -0.481 e. The van der Waals surface area contributed by atoms with Gasteiger partial charge in [0.2, 0.25) is 0 Å². The van der Waals surface area contributed by atoms with Crippen LogP contribution in [0.4, 0.5) is 11.4 Å². The Kier molecular flexibility index (Phi) is 6.01. The molecule has 1 heterocycles. The fourth-order valence-corrected chi connectivity index (χ4v) is 2.73. The normalized spacial score (nSPS) is 11.5. The molecule has 0 unspecified atom stereocenters. The smallest absolute Gasteiger partial charge is 0.291 e. The number of carbonyl (C=O) groups is 2. The fourth-order valence-electron chi connectivity index (χ4n) is 2.51. The van der Waals surface area contributed by atoms with Gasteiger partial charge in [-0.2, -0.15) is 0 Å². The van der Waals surface area contributed by atoms with Crippen LogP contribution in [0, 0.1) is 6.92 Å². The average molecular weight is 399 g/mol. The summed E-state index contributed by atoms with van der Waals surface area (Å²) in [7, 11) is 0. The predicted octanol–water partition coefficient (Wildman–Crippen LogP) is 4.90. The summed E-state index contributed by atoms with van der Waals surface area (Å²) in [5.74, 6) is 0.105. The molecule has 0 saturated heterocycles. The van der Waals surface area contributed by atoms with Gasteiger partial charge in [0.05, 0.1) is 6.26 Å². The molecule has 0 aliphatic carbocycles. The molecule has 3 aromatic rings. The zero-order valence-electron chi connectivity index (χ0n) is 15.4. The van der Waals surface area contributed by atoms with Crippen molar-refractivity contribution in [3.63, 3.8) is 0 Å². The Labute approximate surface area is 167 Å². The van der Waals surface area contributed by atoms with E-state index in [0.29, 0.717) is 22.1 Å². The molecule has 0 aliphatic rings. The van der Waals surface area contributed by atoms with Gasteiger partial charge in [0, 0.05) is 16.4 Å². The number of hydrogen-bond donors (Lipinski definition) is 2. The number of benzene rings is 2. The molecule has 6 nitrogen and oxygen atoms in total. The summed E-state index contributed by atoms with van der Waals surface area (Å²) in [6.07, 6.45) is 0.705. The second kappa shape index (κ2) is 8.63. The van der Waals surface area contributed by atoms with E-state index in [-0.39, 0.29) is 17.6 Å². The molecule has 0 saturated carbocycles. The van der Waals surface area contributed by atoms with Crippen LogP contribution in [0.5, 0.6) is 5.75 Å². The first-order valence-electron chi connectivity index (χ1n) is 8.61. The highest BCUT2D eigenvalue weighted by Crippen LogP contribution is 2.23. The van der Waals surface area contributed by atoms with Gasteiger partial charge in [0.25, 0.3) is 11.8 Å². The summed E-state index contributed by atoms with van der Waals surface area (Å²) < 4.78 is 10.8. The molecule has 144 valence electrons. The fraction of sp³-hybridized carbons (Fsp3) is 0.143. The summed E-state index contributed by atoms with van der Waals surface area (Å²) in [6, 6.07) is 15.2. The minimum absolute atomic E-state index is 0.204. The van der Waals surface area contributed by atoms with Crippen LogP contribution in [0.15, 0.2) is 65.3 Å². The quantitative estimate of drug-likeness (QED) is 0.618. The number of aryl methyl sites for hydroxylation is 1. The van der Waals surface area contributed by atoms with Gasteiger partial charge in [-0.3, -0.25) is 9.59 Å². The maximum atomic E-state index is 12.5. The minimum atomic E-state index is -0.721.